The van der Waals surface area contributed by atoms with Crippen LogP contribution in [0.3, 0.4) is 0 Å². The molecule has 0 aliphatic carbocycles. The average Bonchev–Trinajstić information content (AvgIpc) is 2.82. The van der Waals surface area contributed by atoms with Crippen molar-refractivity contribution in [2.75, 3.05) is 19.8 Å². The summed E-state index contributed by atoms with van der Waals surface area (Å²) in [6.07, 6.45) is 0.291. The third kappa shape index (κ3) is 4.76. The van der Waals surface area contributed by atoms with E-state index < -0.39 is 6.29 Å². The molecule has 2 aromatic carbocycles. The van der Waals surface area contributed by atoms with Gasteiger partial charge in [0, 0.05) is 18.8 Å². The minimum atomic E-state index is -0.427. The Balaban J connectivity index is 1.62. The van der Waals surface area contributed by atoms with Crippen LogP contribution in [0.1, 0.15) is 50.2 Å². The van der Waals surface area contributed by atoms with Gasteiger partial charge in [-0.2, -0.15) is 0 Å². The second-order valence-corrected chi connectivity index (χ2v) is 7.85. The number of hydrogen-bond donors (Lipinski definition) is 0. The molecule has 2 aromatic rings. The summed E-state index contributed by atoms with van der Waals surface area (Å²) in [7, 11) is 0. The lowest BCUT2D eigenvalue weighted by atomic mass is 9.90. The van der Waals surface area contributed by atoms with Gasteiger partial charge in [-0.3, -0.25) is 0 Å². The molecule has 0 unspecified atom stereocenters. The van der Waals surface area contributed by atoms with Crippen LogP contribution in [0.4, 0.5) is 0 Å². The maximum Gasteiger partial charge on any atom is 0.184 e. The van der Waals surface area contributed by atoms with Crippen molar-refractivity contribution >= 4 is 0 Å². The van der Waals surface area contributed by atoms with Crippen molar-refractivity contribution in [3.8, 4) is 0 Å². The molecule has 2 aliphatic rings. The molecule has 2 fully saturated rings. The summed E-state index contributed by atoms with van der Waals surface area (Å²) in [6.45, 7) is 5.99. The van der Waals surface area contributed by atoms with Crippen LogP contribution in [0, 0.1) is 0 Å². The van der Waals surface area contributed by atoms with Gasteiger partial charge in [0.25, 0.3) is 0 Å². The molecule has 0 saturated carbocycles. The summed E-state index contributed by atoms with van der Waals surface area (Å²) in [6, 6.07) is 20.3. The van der Waals surface area contributed by atoms with Crippen LogP contribution in [-0.4, -0.2) is 44.2 Å². The highest BCUT2D eigenvalue weighted by molar-refractivity contribution is 5.21. The zero-order valence-corrected chi connectivity index (χ0v) is 17.8. The van der Waals surface area contributed by atoms with E-state index >= 15 is 0 Å². The van der Waals surface area contributed by atoms with Crippen LogP contribution < -0.4 is 0 Å². The van der Waals surface area contributed by atoms with Gasteiger partial charge in [0.15, 0.2) is 6.29 Å². The summed E-state index contributed by atoms with van der Waals surface area (Å²) < 4.78 is 31.7. The van der Waals surface area contributed by atoms with Crippen molar-refractivity contribution in [3.05, 3.63) is 71.8 Å². The molecule has 2 saturated heterocycles. The van der Waals surface area contributed by atoms with E-state index in [1.807, 2.05) is 48.5 Å². The zero-order chi connectivity index (χ0) is 20.8. The first-order valence-corrected chi connectivity index (χ1v) is 11.1. The number of ether oxygens (including phenoxy) is 5. The number of rotatable bonds is 8. The third-order valence-corrected chi connectivity index (χ3v) is 5.56. The molecule has 4 rings (SSSR count). The molecule has 162 valence electrons. The molecule has 5 nitrogen and oxygen atoms in total. The monoisotopic (exact) mass is 412 g/mol. The Kier molecular flexibility index (Phi) is 7.52. The van der Waals surface area contributed by atoms with Crippen molar-refractivity contribution in [3.63, 3.8) is 0 Å². The highest BCUT2D eigenvalue weighted by Crippen LogP contribution is 2.41. The van der Waals surface area contributed by atoms with Crippen LogP contribution in [-0.2, 0) is 23.7 Å². The van der Waals surface area contributed by atoms with Gasteiger partial charge in [0.05, 0.1) is 6.61 Å². The molecule has 0 bridgehead atoms. The molecule has 0 aromatic heterocycles. The van der Waals surface area contributed by atoms with Crippen molar-refractivity contribution in [2.24, 2.45) is 0 Å². The Morgan fingerprint density at radius 1 is 0.767 bits per heavy atom. The topological polar surface area (TPSA) is 46.2 Å². The number of benzene rings is 2. The molecular weight excluding hydrogens is 380 g/mol. The fraction of sp³-hybridized carbons (Fsp3) is 0.520. The number of hydrogen-bond acceptors (Lipinski definition) is 5. The maximum absolute atomic E-state index is 6.53. The van der Waals surface area contributed by atoms with E-state index in [0.717, 1.165) is 24.0 Å². The predicted octanol–water partition coefficient (Wildman–Crippen LogP) is 4.83. The highest BCUT2D eigenvalue weighted by atomic mass is 16.7. The maximum atomic E-state index is 6.53. The van der Waals surface area contributed by atoms with Gasteiger partial charge < -0.3 is 23.7 Å². The van der Waals surface area contributed by atoms with Crippen LogP contribution in [0.25, 0.3) is 0 Å². The SMILES string of the molecule is CCCO[C@@H]1[C@@H](OCCC)[C@@H](c2ccccc2)O[C@@H]2CO[C@@H](c3ccccc3)O[C@@H]12. The van der Waals surface area contributed by atoms with Crippen LogP contribution in [0.2, 0.25) is 0 Å². The van der Waals surface area contributed by atoms with E-state index in [1.54, 1.807) is 0 Å². The minimum absolute atomic E-state index is 0.210. The Labute approximate surface area is 179 Å². The van der Waals surface area contributed by atoms with Crippen molar-refractivity contribution < 1.29 is 23.7 Å². The van der Waals surface area contributed by atoms with Crippen molar-refractivity contribution in [2.45, 2.75) is 63.5 Å². The second kappa shape index (κ2) is 10.5. The van der Waals surface area contributed by atoms with Gasteiger partial charge in [-0.05, 0) is 18.4 Å². The molecule has 2 aliphatic heterocycles. The normalized spacial score (nSPS) is 31.3. The lowest BCUT2D eigenvalue weighted by molar-refractivity contribution is -0.339. The van der Waals surface area contributed by atoms with Crippen LogP contribution in [0.5, 0.6) is 0 Å². The summed E-state index contributed by atoms with van der Waals surface area (Å²) in [5.41, 5.74) is 2.09. The predicted molar refractivity (Wildman–Crippen MR) is 114 cm³/mol. The second-order valence-electron chi connectivity index (χ2n) is 7.85. The largest absolute Gasteiger partial charge is 0.373 e. The van der Waals surface area contributed by atoms with E-state index in [4.69, 9.17) is 23.7 Å². The molecule has 30 heavy (non-hydrogen) atoms. The highest BCUT2D eigenvalue weighted by Gasteiger charge is 2.51. The third-order valence-electron chi connectivity index (χ3n) is 5.56. The van der Waals surface area contributed by atoms with E-state index in [1.165, 1.54) is 0 Å². The van der Waals surface area contributed by atoms with Crippen molar-refractivity contribution in [1.82, 2.24) is 0 Å². The molecule has 6 atom stereocenters. The Morgan fingerprint density at radius 3 is 2.00 bits per heavy atom. The van der Waals surface area contributed by atoms with Crippen LogP contribution in [0.15, 0.2) is 60.7 Å². The Morgan fingerprint density at radius 2 is 1.37 bits per heavy atom. The lowest BCUT2D eigenvalue weighted by Gasteiger charge is -2.49. The minimum Gasteiger partial charge on any atom is -0.373 e. The Bertz CT molecular complexity index is 753. The van der Waals surface area contributed by atoms with Gasteiger partial charge in [-0.25, -0.2) is 0 Å². The number of fused-ring (bicyclic) bond motifs is 1. The van der Waals surface area contributed by atoms with Gasteiger partial charge >= 0.3 is 0 Å². The molecule has 5 heteroatoms. The quantitative estimate of drug-likeness (QED) is 0.621. The lowest BCUT2D eigenvalue weighted by Crippen LogP contribution is -2.60. The summed E-state index contributed by atoms with van der Waals surface area (Å²) in [4.78, 5) is 0. The van der Waals surface area contributed by atoms with Gasteiger partial charge in [-0.15, -0.1) is 0 Å². The van der Waals surface area contributed by atoms with Crippen molar-refractivity contribution in [1.29, 1.82) is 0 Å². The fourth-order valence-electron chi connectivity index (χ4n) is 4.15. The van der Waals surface area contributed by atoms with E-state index in [9.17, 15) is 0 Å². The summed E-state index contributed by atoms with van der Waals surface area (Å²) >= 11 is 0. The first-order valence-electron chi connectivity index (χ1n) is 11.1. The van der Waals surface area contributed by atoms with E-state index in [0.29, 0.717) is 19.8 Å². The Hall–Kier alpha value is -1.76. The first kappa shape index (κ1) is 21.5. The first-order chi connectivity index (χ1) is 14.8. The zero-order valence-electron chi connectivity index (χ0n) is 17.8. The molecule has 0 N–H and O–H groups in total. The summed E-state index contributed by atoms with van der Waals surface area (Å²) in [5.74, 6) is 0. The molecule has 0 spiro atoms. The standard InChI is InChI=1S/C25H32O5/c1-3-15-26-23-21(18-11-7-5-8-12-18)29-20-17-28-25(19-13-9-6-10-14-19)30-22(20)24(23)27-16-4-2/h5-14,20-25H,3-4,15-17H2,1-2H3/t20-,21-,22-,23+,24+,25-/m1/s1. The van der Waals surface area contributed by atoms with Crippen LogP contribution >= 0.6 is 0 Å². The van der Waals surface area contributed by atoms with E-state index in [-0.39, 0.29) is 30.5 Å². The smallest absolute Gasteiger partial charge is 0.184 e. The molecular formula is C25H32O5. The average molecular weight is 413 g/mol. The summed E-state index contributed by atoms with van der Waals surface area (Å²) in [5, 5.41) is 0. The van der Waals surface area contributed by atoms with Gasteiger partial charge in [0.1, 0.15) is 30.5 Å². The molecule has 0 radical (unpaired) electrons. The van der Waals surface area contributed by atoms with Gasteiger partial charge in [0.2, 0.25) is 0 Å². The fourth-order valence-corrected chi connectivity index (χ4v) is 4.15. The molecule has 0 amide bonds. The van der Waals surface area contributed by atoms with E-state index in [2.05, 4.69) is 26.0 Å². The molecule has 2 heterocycles. The van der Waals surface area contributed by atoms with Gasteiger partial charge in [-0.1, -0.05) is 74.5 Å².